The number of carboxylic acid groups (broad SMARTS) is 1. The molecule has 296 valence electrons. The van der Waals surface area contributed by atoms with Gasteiger partial charge in [0.2, 0.25) is 11.8 Å². The number of halogens is 2. The maximum Gasteiger partial charge on any atom is 0.306 e. The first-order valence-corrected chi connectivity index (χ1v) is 20.2. The molecule has 2 aliphatic carbocycles. The summed E-state index contributed by atoms with van der Waals surface area (Å²) in [6, 6.07) is 16.2. The van der Waals surface area contributed by atoms with Crippen molar-refractivity contribution in [3.63, 3.8) is 0 Å². The lowest BCUT2D eigenvalue weighted by Crippen LogP contribution is -2.37. The number of pyridine rings is 1. The van der Waals surface area contributed by atoms with E-state index in [1.807, 2.05) is 47.3 Å². The van der Waals surface area contributed by atoms with Crippen molar-refractivity contribution in [1.82, 2.24) is 30.3 Å². The number of aliphatic carboxylic acids is 1. The van der Waals surface area contributed by atoms with Crippen LogP contribution in [0.1, 0.15) is 44.1 Å². The van der Waals surface area contributed by atoms with Gasteiger partial charge in [0.15, 0.2) is 0 Å². The van der Waals surface area contributed by atoms with Crippen molar-refractivity contribution in [2.45, 2.75) is 63.8 Å². The molecule has 1 saturated carbocycles. The zero-order valence-corrected chi connectivity index (χ0v) is 33.7. The lowest BCUT2D eigenvalue weighted by molar-refractivity contribution is -0.143. The molecule has 0 bridgehead atoms. The number of amides is 1. The molecule has 56 heavy (non-hydrogen) atoms. The fraction of sp³-hybridized carbons (Fsp3) is 0.442. The molecule has 1 amide bonds. The molecular formula is C43H50Cl2N6O5. The third-order valence-electron chi connectivity index (χ3n) is 11.5. The summed E-state index contributed by atoms with van der Waals surface area (Å²) in [4.78, 5) is 30.1. The second kappa shape index (κ2) is 17.9. The van der Waals surface area contributed by atoms with Crippen molar-refractivity contribution >= 4 is 46.0 Å². The van der Waals surface area contributed by atoms with Crippen molar-refractivity contribution in [2.75, 3.05) is 40.9 Å². The quantitative estimate of drug-likeness (QED) is 0.113. The molecule has 7 rings (SSSR count). The van der Waals surface area contributed by atoms with E-state index in [1.54, 1.807) is 14.2 Å². The minimum atomic E-state index is -0.668. The maximum absolute atomic E-state index is 11.6. The molecule has 3 aliphatic rings. The molecule has 2 aromatic carbocycles. The molecule has 11 nitrogen and oxygen atoms in total. The second-order valence-electron chi connectivity index (χ2n) is 15.4. The van der Waals surface area contributed by atoms with Crippen LogP contribution in [0.25, 0.3) is 33.3 Å². The van der Waals surface area contributed by atoms with Crippen LogP contribution in [-0.2, 0) is 27.4 Å². The topological polar surface area (TPSA) is 131 Å². The number of hydrogen-bond acceptors (Lipinski definition) is 8. The summed E-state index contributed by atoms with van der Waals surface area (Å²) < 4.78 is 13.6. The summed E-state index contributed by atoms with van der Waals surface area (Å²) in [5, 5.41) is 22.8. The minimum absolute atomic E-state index is 0.0847. The molecule has 2 fully saturated rings. The Hall–Kier alpha value is -4.26. The first-order valence-electron chi connectivity index (χ1n) is 19.4. The Balaban J connectivity index is 1.04. The van der Waals surface area contributed by atoms with Crippen LogP contribution >= 0.6 is 23.2 Å². The number of allylic oxidation sites excluding steroid dienone is 2. The van der Waals surface area contributed by atoms with Crippen LogP contribution in [0, 0.1) is 17.8 Å². The highest BCUT2D eigenvalue weighted by Gasteiger charge is 2.30. The highest BCUT2D eigenvalue weighted by Crippen LogP contribution is 2.40. The number of aromatic nitrogens is 3. The molecule has 0 spiro atoms. The van der Waals surface area contributed by atoms with Gasteiger partial charge in [-0.1, -0.05) is 65.7 Å². The number of fused-ring (bicyclic) bond motifs is 1. The monoisotopic (exact) mass is 800 g/mol. The average Bonchev–Trinajstić information content (AvgIpc) is 3.81. The SMILES string of the molecule is COc1nc(-c2cccc(-c3cccc4c3cnn4CC3=CC(OC)C(CN(C)CC4CCC(C(=O)O)CC4)C=C3Cl)c2Cl)ccc1CNC[C@@H]1CCC(=O)N1. The Morgan fingerprint density at radius 1 is 1.00 bits per heavy atom. The van der Waals surface area contributed by atoms with Crippen LogP contribution in [0.5, 0.6) is 5.88 Å². The van der Waals surface area contributed by atoms with E-state index in [9.17, 15) is 14.7 Å². The van der Waals surface area contributed by atoms with E-state index in [1.165, 1.54) is 0 Å². The molecule has 4 aromatic rings. The largest absolute Gasteiger partial charge is 0.481 e. The third kappa shape index (κ3) is 8.98. The molecule has 3 heterocycles. The number of hydrogen-bond donors (Lipinski definition) is 3. The van der Waals surface area contributed by atoms with E-state index >= 15 is 0 Å². The predicted octanol–water partition coefficient (Wildman–Crippen LogP) is 7.31. The van der Waals surface area contributed by atoms with Gasteiger partial charge in [-0.3, -0.25) is 14.3 Å². The summed E-state index contributed by atoms with van der Waals surface area (Å²) >= 11 is 14.2. The summed E-state index contributed by atoms with van der Waals surface area (Å²) in [7, 11) is 5.47. The fourth-order valence-electron chi connectivity index (χ4n) is 8.49. The Morgan fingerprint density at radius 3 is 2.50 bits per heavy atom. The van der Waals surface area contributed by atoms with Gasteiger partial charge in [0.25, 0.3) is 0 Å². The maximum atomic E-state index is 11.6. The van der Waals surface area contributed by atoms with E-state index < -0.39 is 5.97 Å². The highest BCUT2D eigenvalue weighted by atomic mass is 35.5. The molecule has 1 saturated heterocycles. The Bertz CT molecular complexity index is 2130. The summed E-state index contributed by atoms with van der Waals surface area (Å²) in [5.74, 6) is 0.337. The summed E-state index contributed by atoms with van der Waals surface area (Å²) in [6.07, 6.45) is 10.8. The first-order chi connectivity index (χ1) is 27.1. The van der Waals surface area contributed by atoms with Crippen LogP contribution in [0.3, 0.4) is 0 Å². The van der Waals surface area contributed by atoms with E-state index in [2.05, 4.69) is 46.9 Å². The molecule has 2 unspecified atom stereocenters. The molecule has 0 radical (unpaired) electrons. The van der Waals surface area contributed by atoms with E-state index in [0.29, 0.717) is 53.6 Å². The van der Waals surface area contributed by atoms with E-state index in [4.69, 9.17) is 42.8 Å². The van der Waals surface area contributed by atoms with Crippen LogP contribution in [0.4, 0.5) is 0 Å². The highest BCUT2D eigenvalue weighted by molar-refractivity contribution is 6.36. The van der Waals surface area contributed by atoms with Crippen molar-refractivity contribution in [1.29, 1.82) is 0 Å². The lowest BCUT2D eigenvalue weighted by Gasteiger charge is -2.33. The van der Waals surface area contributed by atoms with Crippen molar-refractivity contribution in [3.05, 3.63) is 88.1 Å². The molecular weight excluding hydrogens is 751 g/mol. The van der Waals surface area contributed by atoms with Gasteiger partial charge in [-0.05, 0) is 74.4 Å². The zero-order chi connectivity index (χ0) is 39.3. The third-order valence-corrected chi connectivity index (χ3v) is 12.3. The Morgan fingerprint density at radius 2 is 1.77 bits per heavy atom. The summed E-state index contributed by atoms with van der Waals surface area (Å²) in [5.41, 5.74) is 6.15. The van der Waals surface area contributed by atoms with Crippen LogP contribution in [0.2, 0.25) is 5.02 Å². The smallest absolute Gasteiger partial charge is 0.306 e. The van der Waals surface area contributed by atoms with Crippen LogP contribution in [0.15, 0.2) is 77.5 Å². The number of nitrogens with one attached hydrogen (secondary N) is 2. The molecule has 13 heteroatoms. The van der Waals surface area contributed by atoms with Crippen molar-refractivity contribution in [3.8, 4) is 28.3 Å². The van der Waals surface area contributed by atoms with E-state index in [-0.39, 0.29) is 29.9 Å². The Labute approximate surface area is 338 Å². The minimum Gasteiger partial charge on any atom is -0.481 e. The second-order valence-corrected chi connectivity index (χ2v) is 16.1. The van der Waals surface area contributed by atoms with Crippen molar-refractivity contribution < 1.29 is 24.2 Å². The van der Waals surface area contributed by atoms with E-state index in [0.717, 1.165) is 83.9 Å². The van der Waals surface area contributed by atoms with Gasteiger partial charge >= 0.3 is 5.97 Å². The van der Waals surface area contributed by atoms with Gasteiger partial charge in [0, 0.05) is 78.8 Å². The number of rotatable bonds is 15. The van der Waals surface area contributed by atoms with Gasteiger partial charge in [0.1, 0.15) is 0 Å². The Kier molecular flexibility index (Phi) is 12.8. The van der Waals surface area contributed by atoms with Crippen LogP contribution < -0.4 is 15.4 Å². The van der Waals surface area contributed by atoms with Gasteiger partial charge in [-0.25, -0.2) is 4.98 Å². The lowest BCUT2D eigenvalue weighted by atomic mass is 9.81. The number of carboxylic acids is 1. The number of nitrogens with zero attached hydrogens (tertiary/aromatic N) is 4. The normalized spacial score (nSPS) is 22.6. The van der Waals surface area contributed by atoms with Gasteiger partial charge in [-0.2, -0.15) is 5.10 Å². The molecule has 3 atom stereocenters. The molecule has 3 N–H and O–H groups in total. The summed E-state index contributed by atoms with van der Waals surface area (Å²) in [6.45, 7) is 3.43. The molecule has 1 aliphatic heterocycles. The number of carbonyl (C=O) groups excluding carboxylic acids is 1. The molecule has 2 aromatic heterocycles. The van der Waals surface area contributed by atoms with Gasteiger partial charge < -0.3 is 30.1 Å². The number of ether oxygens (including phenoxy) is 2. The zero-order valence-electron chi connectivity index (χ0n) is 32.1. The van der Waals surface area contributed by atoms with Gasteiger partial charge in [0.05, 0.1) is 48.1 Å². The average molecular weight is 802 g/mol. The fourth-order valence-corrected chi connectivity index (χ4v) is 9.10. The predicted molar refractivity (Wildman–Crippen MR) is 220 cm³/mol. The number of carbonyl (C=O) groups is 2. The number of methoxy groups -OCH3 is 2. The van der Waals surface area contributed by atoms with Crippen molar-refractivity contribution in [2.24, 2.45) is 17.8 Å². The standard InChI is InChI=1S/C43H50Cl2N6O5/c1-50(23-26-10-12-27(13-11-26)43(53)54)24-30-18-36(44)29(19-39(30)55-2)25-51-38-9-5-6-32(35(38)22-47-51)33-7-4-8-34(41(33)45)37-16-14-28(42(49-37)56-3)20-46-21-31-15-17-40(52)48-31/h4-9,14,16,18-19,22,26-27,30-31,39,46H,10-13,15,17,20-21,23-25H2,1-3H3,(H,48,52)(H,53,54)/t26?,27?,30?,31-,39?/m0/s1. The van der Waals surface area contributed by atoms with Crippen LogP contribution in [-0.4, -0.2) is 89.7 Å². The van der Waals surface area contributed by atoms with Gasteiger partial charge in [-0.15, -0.1) is 0 Å². The number of benzene rings is 2. The first kappa shape index (κ1) is 40.0.